The van der Waals surface area contributed by atoms with Crippen molar-refractivity contribution in [2.75, 3.05) is 5.75 Å². The summed E-state index contributed by atoms with van der Waals surface area (Å²) in [5.74, 6) is -0.558. The molecule has 6 heteroatoms. The molecule has 0 spiro atoms. The van der Waals surface area contributed by atoms with E-state index in [0.717, 1.165) is 10.9 Å². The van der Waals surface area contributed by atoms with E-state index in [-0.39, 0.29) is 5.75 Å². The number of rotatable bonds is 2. The number of aliphatic carboxylic acids is 1. The number of hydrogen-bond acceptors (Lipinski definition) is 5. The van der Waals surface area contributed by atoms with Gasteiger partial charge < -0.3 is 10.2 Å². The molecule has 1 unspecified atom stereocenters. The quantitative estimate of drug-likeness (QED) is 0.891. The summed E-state index contributed by atoms with van der Waals surface area (Å²) in [4.78, 5) is 19.3. The van der Waals surface area contributed by atoms with Gasteiger partial charge in [0, 0.05) is 11.1 Å². The fourth-order valence-electron chi connectivity index (χ4n) is 1.89. The average Bonchev–Trinajstić information content (AvgIpc) is 2.98. The number of aliphatic imine (C=N–C) groups is 1. The number of fused-ring (bicyclic) bond motifs is 1. The zero-order chi connectivity index (χ0) is 15.4. The molecule has 2 aromatic rings. The minimum absolute atomic E-state index is 0.0241. The van der Waals surface area contributed by atoms with Crippen LogP contribution in [0.25, 0.3) is 10.9 Å². The van der Waals surface area contributed by atoms with E-state index in [4.69, 9.17) is 5.11 Å². The van der Waals surface area contributed by atoms with Crippen LogP contribution >= 0.6 is 11.8 Å². The molecule has 0 amide bonds. The fraction of sp³-hybridized carbons (Fsp3) is 0.267. The molecule has 110 valence electrons. The zero-order valence-corrected chi connectivity index (χ0v) is 12.6. The van der Waals surface area contributed by atoms with Gasteiger partial charge in [-0.2, -0.15) is 0 Å². The second-order valence-corrected chi connectivity index (χ2v) is 5.16. The first-order valence-corrected chi connectivity index (χ1v) is 7.66. The van der Waals surface area contributed by atoms with Crippen molar-refractivity contribution in [2.45, 2.75) is 19.9 Å². The molecule has 0 radical (unpaired) electrons. The van der Waals surface area contributed by atoms with Crippen LogP contribution in [0.2, 0.25) is 0 Å². The molecule has 0 fully saturated rings. The molecule has 1 aliphatic rings. The molecule has 1 atom stereocenters. The van der Waals surface area contributed by atoms with Gasteiger partial charge in [0.1, 0.15) is 16.5 Å². The number of aromatic nitrogens is 1. The molecule has 3 rings (SSSR count). The minimum Gasteiger partial charge on any atom is -0.506 e. The number of thioether (sulfide) groups is 1. The molecule has 1 aromatic carbocycles. The Kier molecular flexibility index (Phi) is 4.80. The topological polar surface area (TPSA) is 82.8 Å². The Hall–Kier alpha value is -2.08. The number of carbonyl (C=O) groups is 1. The van der Waals surface area contributed by atoms with E-state index < -0.39 is 12.0 Å². The maximum absolute atomic E-state index is 10.9. The Morgan fingerprint density at radius 2 is 2.05 bits per heavy atom. The van der Waals surface area contributed by atoms with Gasteiger partial charge in [-0.3, -0.25) is 4.99 Å². The largest absolute Gasteiger partial charge is 0.506 e. The summed E-state index contributed by atoms with van der Waals surface area (Å²) in [6.07, 6.45) is 0. The van der Waals surface area contributed by atoms with E-state index in [1.165, 1.54) is 11.8 Å². The Bertz CT molecular complexity index is 700. The van der Waals surface area contributed by atoms with E-state index in [0.29, 0.717) is 16.5 Å². The van der Waals surface area contributed by atoms with Gasteiger partial charge >= 0.3 is 5.97 Å². The van der Waals surface area contributed by atoms with Crippen LogP contribution in [-0.4, -0.2) is 38.0 Å². The molecule has 0 bridgehead atoms. The highest BCUT2D eigenvalue weighted by Gasteiger charge is 2.27. The third kappa shape index (κ3) is 3.16. The van der Waals surface area contributed by atoms with Crippen LogP contribution < -0.4 is 0 Å². The van der Waals surface area contributed by atoms with E-state index in [2.05, 4.69) is 9.98 Å². The van der Waals surface area contributed by atoms with Crippen LogP contribution in [-0.2, 0) is 4.79 Å². The second-order valence-electron chi connectivity index (χ2n) is 4.15. The van der Waals surface area contributed by atoms with E-state index >= 15 is 0 Å². The van der Waals surface area contributed by atoms with Gasteiger partial charge in [-0.1, -0.05) is 32.0 Å². The summed E-state index contributed by atoms with van der Waals surface area (Å²) < 4.78 is 0. The number of carboxylic acids is 1. The molecule has 5 nitrogen and oxygen atoms in total. The molecule has 1 aromatic heterocycles. The number of para-hydroxylation sites is 1. The number of benzene rings is 1. The third-order valence-corrected chi connectivity index (χ3v) is 3.90. The van der Waals surface area contributed by atoms with E-state index in [1.807, 2.05) is 38.1 Å². The van der Waals surface area contributed by atoms with Crippen LogP contribution in [0.15, 0.2) is 35.3 Å². The highest BCUT2D eigenvalue weighted by molar-refractivity contribution is 8.14. The first-order valence-electron chi connectivity index (χ1n) is 6.67. The molecule has 0 saturated carbocycles. The smallest absolute Gasteiger partial charge is 0.329 e. The summed E-state index contributed by atoms with van der Waals surface area (Å²) in [5.41, 5.74) is 1.10. The predicted molar refractivity (Wildman–Crippen MR) is 85.2 cm³/mol. The van der Waals surface area contributed by atoms with Gasteiger partial charge in [-0.25, -0.2) is 9.78 Å². The van der Waals surface area contributed by atoms with Crippen molar-refractivity contribution in [1.82, 2.24) is 4.98 Å². The lowest BCUT2D eigenvalue weighted by Crippen LogP contribution is -2.17. The standard InChI is InChI=1S/C13H10N2O3S.C2H6/c16-10-5-7-3-1-2-4-8(7)14-11(10)12-15-9(6-19-12)13(17)18;1-2/h1-5,9,16H,6H2,(H,17,18);1-2H3. The zero-order valence-electron chi connectivity index (χ0n) is 11.8. The maximum Gasteiger partial charge on any atom is 0.329 e. The lowest BCUT2D eigenvalue weighted by Gasteiger charge is -2.04. The third-order valence-electron chi connectivity index (χ3n) is 2.84. The number of carboxylic acid groups (broad SMARTS) is 1. The van der Waals surface area contributed by atoms with Crippen LogP contribution in [0.4, 0.5) is 0 Å². The maximum atomic E-state index is 10.9. The summed E-state index contributed by atoms with van der Waals surface area (Å²) >= 11 is 1.30. The Morgan fingerprint density at radius 1 is 1.33 bits per heavy atom. The number of nitrogens with zero attached hydrogens (tertiary/aromatic N) is 2. The normalized spacial score (nSPS) is 17.0. The summed E-state index contributed by atoms with van der Waals surface area (Å²) in [6.45, 7) is 4.00. The van der Waals surface area contributed by atoms with E-state index in [1.54, 1.807) is 6.07 Å². The average molecular weight is 304 g/mol. The van der Waals surface area contributed by atoms with E-state index in [9.17, 15) is 9.90 Å². The fourth-order valence-corrected chi connectivity index (χ4v) is 2.91. The molecular weight excluding hydrogens is 288 g/mol. The van der Waals surface area contributed by atoms with Gasteiger partial charge in [-0.15, -0.1) is 11.8 Å². The minimum atomic E-state index is -0.956. The molecule has 0 aliphatic carbocycles. The van der Waals surface area contributed by atoms with Crippen molar-refractivity contribution in [3.8, 4) is 5.75 Å². The lowest BCUT2D eigenvalue weighted by atomic mass is 10.2. The van der Waals surface area contributed by atoms with Crippen LogP contribution in [0.3, 0.4) is 0 Å². The highest BCUT2D eigenvalue weighted by Crippen LogP contribution is 2.29. The van der Waals surface area contributed by atoms with Gasteiger partial charge in [-0.05, 0) is 12.1 Å². The Morgan fingerprint density at radius 3 is 2.71 bits per heavy atom. The summed E-state index contributed by atoms with van der Waals surface area (Å²) in [5, 5.41) is 20.2. The lowest BCUT2D eigenvalue weighted by molar-refractivity contribution is -0.137. The van der Waals surface area contributed by atoms with Crippen molar-refractivity contribution in [3.05, 3.63) is 36.0 Å². The van der Waals surface area contributed by atoms with Gasteiger partial charge in [0.2, 0.25) is 0 Å². The second kappa shape index (κ2) is 6.58. The number of pyridine rings is 1. The Balaban J connectivity index is 0.000000774. The van der Waals surface area contributed by atoms with Crippen molar-refractivity contribution < 1.29 is 15.0 Å². The molecule has 2 N–H and O–H groups in total. The van der Waals surface area contributed by atoms with Crippen molar-refractivity contribution in [2.24, 2.45) is 4.99 Å². The summed E-state index contributed by atoms with van der Waals surface area (Å²) in [6, 6.07) is 8.29. The predicted octanol–water partition coefficient (Wildman–Crippen LogP) is 2.91. The van der Waals surface area contributed by atoms with Gasteiger partial charge in [0.15, 0.2) is 6.04 Å². The van der Waals surface area contributed by atoms with Crippen molar-refractivity contribution in [3.63, 3.8) is 0 Å². The highest BCUT2D eigenvalue weighted by atomic mass is 32.2. The first kappa shape index (κ1) is 15.3. The molecule has 0 saturated heterocycles. The van der Waals surface area contributed by atoms with Gasteiger partial charge in [0.05, 0.1) is 5.52 Å². The first-order chi connectivity index (χ1) is 10.1. The molecule has 21 heavy (non-hydrogen) atoms. The van der Waals surface area contributed by atoms with Crippen LogP contribution in [0.5, 0.6) is 5.75 Å². The number of aromatic hydroxyl groups is 1. The Labute approximate surface area is 126 Å². The molecule has 1 aliphatic heterocycles. The molecular formula is C15H16N2O3S. The number of hydrogen-bond donors (Lipinski definition) is 2. The monoisotopic (exact) mass is 304 g/mol. The van der Waals surface area contributed by atoms with Crippen molar-refractivity contribution >= 4 is 33.7 Å². The van der Waals surface area contributed by atoms with Crippen LogP contribution in [0.1, 0.15) is 19.5 Å². The van der Waals surface area contributed by atoms with Crippen molar-refractivity contribution in [1.29, 1.82) is 0 Å². The van der Waals surface area contributed by atoms with Gasteiger partial charge in [0.25, 0.3) is 0 Å². The SMILES string of the molecule is CC.O=C(O)C1CSC(c2nc3ccccc3cc2O)=N1. The molecule has 2 heterocycles. The summed E-state index contributed by atoms with van der Waals surface area (Å²) in [7, 11) is 0. The van der Waals surface area contributed by atoms with Crippen LogP contribution in [0, 0.1) is 0 Å².